The van der Waals surface area contributed by atoms with Gasteiger partial charge >= 0.3 is 0 Å². The smallest absolute Gasteiger partial charge is 0.161 e. The molecule has 0 saturated carbocycles. The van der Waals surface area contributed by atoms with Crippen LogP contribution in [0.25, 0.3) is 0 Å². The Morgan fingerprint density at radius 3 is 2.71 bits per heavy atom. The average molecular weight is 248 g/mol. The molecule has 2 nitrogen and oxygen atoms in total. The first-order chi connectivity index (χ1) is 8.31. The second kappa shape index (κ2) is 6.10. The highest BCUT2D eigenvalue weighted by atomic mass is 32.2. The summed E-state index contributed by atoms with van der Waals surface area (Å²) in [5.74, 6) is 1.18. The number of anilines is 1. The summed E-state index contributed by atoms with van der Waals surface area (Å²) < 4.78 is 0. The molecular weight excluding hydrogens is 228 g/mol. The number of thioether (sulfide) groups is 1. The van der Waals surface area contributed by atoms with Crippen molar-refractivity contribution in [2.75, 3.05) is 11.1 Å². The van der Waals surface area contributed by atoms with Gasteiger partial charge in [-0.25, -0.2) is 0 Å². The Bertz CT molecular complexity index is 384. The number of nitrogens with one attached hydrogen (secondary N) is 1. The van der Waals surface area contributed by atoms with Crippen LogP contribution in [-0.4, -0.2) is 17.0 Å². The highest BCUT2D eigenvalue weighted by molar-refractivity contribution is 8.14. The van der Waals surface area contributed by atoms with Crippen LogP contribution in [0.5, 0.6) is 0 Å². The topological polar surface area (TPSA) is 24.4 Å². The van der Waals surface area contributed by atoms with Gasteiger partial charge in [0.2, 0.25) is 0 Å². The van der Waals surface area contributed by atoms with Crippen LogP contribution in [-0.2, 0) is 6.42 Å². The van der Waals surface area contributed by atoms with E-state index in [2.05, 4.69) is 43.4 Å². The molecule has 1 unspecified atom stereocenters. The van der Waals surface area contributed by atoms with Gasteiger partial charge in [-0.3, -0.25) is 4.99 Å². The van der Waals surface area contributed by atoms with Gasteiger partial charge in [-0.15, -0.1) is 0 Å². The minimum Gasteiger partial charge on any atom is -0.335 e. The highest BCUT2D eigenvalue weighted by Crippen LogP contribution is 2.21. The second-order valence-electron chi connectivity index (χ2n) is 4.31. The molecule has 1 aromatic rings. The van der Waals surface area contributed by atoms with E-state index in [9.17, 15) is 0 Å². The van der Waals surface area contributed by atoms with E-state index in [0.29, 0.717) is 6.04 Å². The summed E-state index contributed by atoms with van der Waals surface area (Å²) >= 11 is 1.83. The van der Waals surface area contributed by atoms with Gasteiger partial charge in [0.05, 0.1) is 6.04 Å². The van der Waals surface area contributed by atoms with Gasteiger partial charge in [-0.2, -0.15) is 0 Å². The molecule has 1 aromatic carbocycles. The Kier molecular flexibility index (Phi) is 4.49. The van der Waals surface area contributed by atoms with Crippen LogP contribution in [0, 0.1) is 0 Å². The first-order valence-corrected chi connectivity index (χ1v) is 7.37. The van der Waals surface area contributed by atoms with Crippen molar-refractivity contribution in [3.8, 4) is 0 Å². The third kappa shape index (κ3) is 3.50. The molecule has 92 valence electrons. The Labute approximate surface area is 108 Å². The van der Waals surface area contributed by atoms with E-state index >= 15 is 0 Å². The first kappa shape index (κ1) is 12.5. The monoisotopic (exact) mass is 248 g/mol. The molecule has 1 aliphatic rings. The standard InChI is InChI=1S/C14H20N2S/c1-3-11-5-7-13(8-6-11)16-14-15-12(4-2)9-10-17-14/h5-8,12H,3-4,9-10H2,1-2H3,(H,15,16). The zero-order chi connectivity index (χ0) is 12.1. The lowest BCUT2D eigenvalue weighted by atomic mass is 10.1. The second-order valence-corrected chi connectivity index (χ2v) is 5.39. The quantitative estimate of drug-likeness (QED) is 0.876. The highest BCUT2D eigenvalue weighted by Gasteiger charge is 2.13. The summed E-state index contributed by atoms with van der Waals surface area (Å²) in [4.78, 5) is 4.71. The maximum absolute atomic E-state index is 4.71. The number of hydrogen-bond donors (Lipinski definition) is 1. The number of aryl methyl sites for hydroxylation is 1. The maximum atomic E-state index is 4.71. The van der Waals surface area contributed by atoms with Gasteiger partial charge in [-0.1, -0.05) is 37.7 Å². The van der Waals surface area contributed by atoms with E-state index < -0.39 is 0 Å². The Morgan fingerprint density at radius 1 is 1.29 bits per heavy atom. The van der Waals surface area contributed by atoms with Crippen LogP contribution in [0.1, 0.15) is 32.3 Å². The van der Waals surface area contributed by atoms with Crippen molar-refractivity contribution in [1.82, 2.24) is 0 Å². The average Bonchev–Trinajstić information content (AvgIpc) is 2.40. The van der Waals surface area contributed by atoms with Crippen LogP contribution in [0.15, 0.2) is 29.3 Å². The fourth-order valence-corrected chi connectivity index (χ4v) is 2.87. The Balaban J connectivity index is 2.02. The van der Waals surface area contributed by atoms with Crippen molar-refractivity contribution >= 4 is 22.6 Å². The molecule has 0 aliphatic carbocycles. The summed E-state index contributed by atoms with van der Waals surface area (Å²) in [5.41, 5.74) is 2.52. The van der Waals surface area contributed by atoms with Gasteiger partial charge < -0.3 is 5.32 Å². The van der Waals surface area contributed by atoms with Crippen molar-refractivity contribution in [3.63, 3.8) is 0 Å². The van der Waals surface area contributed by atoms with E-state index in [4.69, 9.17) is 4.99 Å². The lowest BCUT2D eigenvalue weighted by Gasteiger charge is -2.19. The number of amidine groups is 1. The summed E-state index contributed by atoms with van der Waals surface area (Å²) in [6.45, 7) is 4.38. The molecule has 1 heterocycles. The van der Waals surface area contributed by atoms with Crippen molar-refractivity contribution in [2.45, 2.75) is 39.2 Å². The zero-order valence-corrected chi connectivity index (χ0v) is 11.4. The number of aliphatic imine (C=N–C) groups is 1. The fraction of sp³-hybridized carbons (Fsp3) is 0.500. The molecule has 2 rings (SSSR count). The Hall–Kier alpha value is -0.960. The molecule has 0 spiro atoms. The van der Waals surface area contributed by atoms with Crippen LogP contribution in [0.2, 0.25) is 0 Å². The van der Waals surface area contributed by atoms with E-state index in [1.165, 1.54) is 17.7 Å². The lowest BCUT2D eigenvalue weighted by Crippen LogP contribution is -2.19. The largest absolute Gasteiger partial charge is 0.335 e. The molecule has 17 heavy (non-hydrogen) atoms. The minimum atomic E-state index is 0.508. The molecule has 3 heteroatoms. The molecule has 0 fully saturated rings. The third-order valence-electron chi connectivity index (χ3n) is 3.07. The van der Waals surface area contributed by atoms with Gasteiger partial charge in [-0.05, 0) is 37.0 Å². The van der Waals surface area contributed by atoms with Gasteiger partial charge in [0.25, 0.3) is 0 Å². The van der Waals surface area contributed by atoms with Crippen molar-refractivity contribution < 1.29 is 0 Å². The van der Waals surface area contributed by atoms with E-state index in [0.717, 1.165) is 23.7 Å². The van der Waals surface area contributed by atoms with Gasteiger partial charge in [0.15, 0.2) is 5.17 Å². The Morgan fingerprint density at radius 2 is 2.06 bits per heavy atom. The van der Waals surface area contributed by atoms with Gasteiger partial charge in [0, 0.05) is 11.4 Å². The summed E-state index contributed by atoms with van der Waals surface area (Å²) in [6, 6.07) is 9.13. The van der Waals surface area contributed by atoms with Crippen LogP contribution in [0.4, 0.5) is 5.69 Å². The number of nitrogens with zero attached hydrogens (tertiary/aromatic N) is 1. The van der Waals surface area contributed by atoms with E-state index in [1.807, 2.05) is 11.8 Å². The molecule has 0 radical (unpaired) electrons. The van der Waals surface area contributed by atoms with Crippen molar-refractivity contribution in [2.24, 2.45) is 4.99 Å². The third-order valence-corrected chi connectivity index (χ3v) is 4.00. The fourth-order valence-electron chi connectivity index (χ4n) is 1.87. The number of rotatable bonds is 3. The molecule has 0 bridgehead atoms. The van der Waals surface area contributed by atoms with Crippen LogP contribution >= 0.6 is 11.8 Å². The molecule has 1 aliphatic heterocycles. The van der Waals surface area contributed by atoms with Crippen LogP contribution in [0.3, 0.4) is 0 Å². The predicted molar refractivity (Wildman–Crippen MR) is 78.0 cm³/mol. The maximum Gasteiger partial charge on any atom is 0.161 e. The van der Waals surface area contributed by atoms with Gasteiger partial charge in [0.1, 0.15) is 0 Å². The lowest BCUT2D eigenvalue weighted by molar-refractivity contribution is 0.634. The normalized spacial score (nSPS) is 19.9. The summed E-state index contributed by atoms with van der Waals surface area (Å²) in [6.07, 6.45) is 3.44. The number of hydrogen-bond acceptors (Lipinski definition) is 3. The molecule has 0 aromatic heterocycles. The van der Waals surface area contributed by atoms with E-state index in [-0.39, 0.29) is 0 Å². The van der Waals surface area contributed by atoms with E-state index in [1.54, 1.807) is 0 Å². The molecular formula is C14H20N2S. The first-order valence-electron chi connectivity index (χ1n) is 6.38. The predicted octanol–water partition coefficient (Wildman–Crippen LogP) is 3.93. The SMILES string of the molecule is CCc1ccc(NC2=NC(CC)CCS2)cc1. The molecule has 1 atom stereocenters. The molecule has 0 amide bonds. The zero-order valence-electron chi connectivity index (χ0n) is 10.6. The minimum absolute atomic E-state index is 0.508. The van der Waals surface area contributed by atoms with Crippen molar-refractivity contribution in [1.29, 1.82) is 0 Å². The summed E-state index contributed by atoms with van der Waals surface area (Å²) in [7, 11) is 0. The number of benzene rings is 1. The van der Waals surface area contributed by atoms with Crippen molar-refractivity contribution in [3.05, 3.63) is 29.8 Å². The molecule has 1 N–H and O–H groups in total. The molecule has 0 saturated heterocycles. The summed E-state index contributed by atoms with van der Waals surface area (Å²) in [5, 5.41) is 4.49. The van der Waals surface area contributed by atoms with Crippen LogP contribution < -0.4 is 5.32 Å².